The lowest BCUT2D eigenvalue weighted by molar-refractivity contribution is 0.110. The standard InChI is InChI=1S/C8H10N4OS2/c1-5-7(14-11-9-5)3-13-4-8-6(2)10-12-15-8/h3-4H2,1-2H3. The van der Waals surface area contributed by atoms with Crippen LogP contribution in [0.15, 0.2) is 0 Å². The van der Waals surface area contributed by atoms with E-state index in [0.717, 1.165) is 21.1 Å². The lowest BCUT2D eigenvalue weighted by Crippen LogP contribution is -1.93. The Bertz CT molecular complexity index is 399. The third-order valence-electron chi connectivity index (χ3n) is 1.96. The molecule has 2 aromatic rings. The molecule has 0 aliphatic rings. The normalized spacial score (nSPS) is 10.8. The van der Waals surface area contributed by atoms with Gasteiger partial charge in [0.05, 0.1) is 34.4 Å². The van der Waals surface area contributed by atoms with Gasteiger partial charge in [-0.2, -0.15) is 0 Å². The quantitative estimate of drug-likeness (QED) is 0.817. The zero-order chi connectivity index (χ0) is 10.7. The Balaban J connectivity index is 1.86. The molecule has 7 heteroatoms. The minimum atomic E-state index is 0.556. The Kier molecular flexibility index (Phi) is 3.34. The first-order valence-electron chi connectivity index (χ1n) is 4.41. The van der Waals surface area contributed by atoms with Gasteiger partial charge in [-0.3, -0.25) is 0 Å². The molecule has 0 N–H and O–H groups in total. The molecule has 5 nitrogen and oxygen atoms in total. The van der Waals surface area contributed by atoms with E-state index in [1.54, 1.807) is 0 Å². The summed E-state index contributed by atoms with van der Waals surface area (Å²) in [6.45, 7) is 4.98. The third-order valence-corrected chi connectivity index (χ3v) is 3.55. The van der Waals surface area contributed by atoms with Crippen molar-refractivity contribution in [1.82, 2.24) is 19.2 Å². The Morgan fingerprint density at radius 2 is 1.40 bits per heavy atom. The van der Waals surface area contributed by atoms with Crippen molar-refractivity contribution < 1.29 is 4.74 Å². The van der Waals surface area contributed by atoms with Crippen molar-refractivity contribution in [3.8, 4) is 0 Å². The van der Waals surface area contributed by atoms with Crippen LogP contribution < -0.4 is 0 Å². The van der Waals surface area contributed by atoms with Gasteiger partial charge in [0.15, 0.2) is 0 Å². The van der Waals surface area contributed by atoms with Crippen LogP contribution in [0, 0.1) is 13.8 Å². The molecule has 0 bridgehead atoms. The molecule has 0 saturated heterocycles. The summed E-state index contributed by atoms with van der Waals surface area (Å²) in [6.07, 6.45) is 0. The Labute approximate surface area is 95.4 Å². The van der Waals surface area contributed by atoms with Gasteiger partial charge < -0.3 is 4.74 Å². The van der Waals surface area contributed by atoms with Gasteiger partial charge in [0.25, 0.3) is 0 Å². The topological polar surface area (TPSA) is 60.8 Å². The smallest absolute Gasteiger partial charge is 0.0849 e. The van der Waals surface area contributed by atoms with Crippen molar-refractivity contribution in [3.63, 3.8) is 0 Å². The predicted molar refractivity (Wildman–Crippen MR) is 57.8 cm³/mol. The number of aromatic nitrogens is 4. The molecule has 0 saturated carbocycles. The van der Waals surface area contributed by atoms with Crippen LogP contribution >= 0.6 is 23.1 Å². The molecule has 80 valence electrons. The van der Waals surface area contributed by atoms with Gasteiger partial charge in [0.2, 0.25) is 0 Å². The summed E-state index contributed by atoms with van der Waals surface area (Å²) in [4.78, 5) is 2.15. The van der Waals surface area contributed by atoms with Crippen LogP contribution in [0.2, 0.25) is 0 Å². The molecule has 0 atom stereocenters. The summed E-state index contributed by atoms with van der Waals surface area (Å²) in [5.74, 6) is 0. The second-order valence-corrected chi connectivity index (χ2v) is 4.73. The van der Waals surface area contributed by atoms with Crippen LogP contribution in [-0.4, -0.2) is 19.2 Å². The minimum Gasteiger partial charge on any atom is -0.370 e. The van der Waals surface area contributed by atoms with E-state index in [1.165, 1.54) is 23.1 Å². The predicted octanol–water partition coefficient (Wildman–Crippen LogP) is 1.72. The molecule has 0 fully saturated rings. The van der Waals surface area contributed by atoms with Gasteiger partial charge in [-0.1, -0.05) is 8.98 Å². The van der Waals surface area contributed by atoms with E-state index < -0.39 is 0 Å². The average Bonchev–Trinajstić information content (AvgIpc) is 2.78. The van der Waals surface area contributed by atoms with Crippen molar-refractivity contribution in [3.05, 3.63) is 21.1 Å². The highest BCUT2D eigenvalue weighted by atomic mass is 32.1. The Morgan fingerprint density at radius 1 is 0.933 bits per heavy atom. The largest absolute Gasteiger partial charge is 0.370 e. The van der Waals surface area contributed by atoms with Crippen molar-refractivity contribution in [2.45, 2.75) is 27.1 Å². The number of rotatable bonds is 4. The monoisotopic (exact) mass is 242 g/mol. The van der Waals surface area contributed by atoms with Crippen LogP contribution in [0.25, 0.3) is 0 Å². The molecule has 0 aliphatic heterocycles. The fourth-order valence-electron chi connectivity index (χ4n) is 1.00. The molecule has 0 radical (unpaired) electrons. The summed E-state index contributed by atoms with van der Waals surface area (Å²) >= 11 is 2.75. The van der Waals surface area contributed by atoms with Gasteiger partial charge in [0, 0.05) is 0 Å². The van der Waals surface area contributed by atoms with Gasteiger partial charge >= 0.3 is 0 Å². The zero-order valence-electron chi connectivity index (χ0n) is 8.43. The molecule has 15 heavy (non-hydrogen) atoms. The second-order valence-electron chi connectivity index (χ2n) is 3.06. The maximum Gasteiger partial charge on any atom is 0.0849 e. The average molecular weight is 242 g/mol. The lowest BCUT2D eigenvalue weighted by Gasteiger charge is -2.00. The van der Waals surface area contributed by atoms with Gasteiger partial charge in [-0.15, -0.1) is 10.2 Å². The molecular formula is C8H10N4OS2. The summed E-state index contributed by atoms with van der Waals surface area (Å²) in [7, 11) is 0. The Morgan fingerprint density at radius 3 is 1.73 bits per heavy atom. The summed E-state index contributed by atoms with van der Waals surface area (Å²) in [5, 5.41) is 7.83. The first-order chi connectivity index (χ1) is 7.27. The lowest BCUT2D eigenvalue weighted by atomic mass is 10.4. The van der Waals surface area contributed by atoms with E-state index in [4.69, 9.17) is 4.74 Å². The molecule has 2 rings (SSSR count). The highest BCUT2D eigenvalue weighted by Crippen LogP contribution is 2.14. The zero-order valence-corrected chi connectivity index (χ0v) is 10.1. The first-order valence-corrected chi connectivity index (χ1v) is 5.95. The van der Waals surface area contributed by atoms with E-state index >= 15 is 0 Å². The Hall–Kier alpha value is -0.920. The number of hydrogen-bond acceptors (Lipinski definition) is 7. The van der Waals surface area contributed by atoms with Crippen LogP contribution in [0.1, 0.15) is 21.1 Å². The van der Waals surface area contributed by atoms with Crippen molar-refractivity contribution in [2.24, 2.45) is 0 Å². The summed E-state index contributed by atoms with van der Waals surface area (Å²) < 4.78 is 13.2. The first kappa shape index (κ1) is 10.6. The molecule has 2 heterocycles. The van der Waals surface area contributed by atoms with Gasteiger partial charge in [0.1, 0.15) is 0 Å². The fourth-order valence-corrected chi connectivity index (χ4v) is 2.15. The van der Waals surface area contributed by atoms with Gasteiger partial charge in [-0.25, -0.2) is 0 Å². The molecule has 0 amide bonds. The second kappa shape index (κ2) is 4.73. The van der Waals surface area contributed by atoms with Crippen LogP contribution in [-0.2, 0) is 18.0 Å². The molecular weight excluding hydrogens is 232 g/mol. The molecule has 2 aromatic heterocycles. The maximum absolute atomic E-state index is 5.54. The molecule has 0 aliphatic carbocycles. The van der Waals surface area contributed by atoms with E-state index in [9.17, 15) is 0 Å². The van der Waals surface area contributed by atoms with Crippen LogP contribution in [0.5, 0.6) is 0 Å². The van der Waals surface area contributed by atoms with Crippen LogP contribution in [0.4, 0.5) is 0 Å². The SMILES string of the molecule is Cc1nnsc1COCc1snnc1C. The molecule has 0 aromatic carbocycles. The van der Waals surface area contributed by atoms with Crippen LogP contribution in [0.3, 0.4) is 0 Å². The summed E-state index contributed by atoms with van der Waals surface area (Å²) in [5.41, 5.74) is 1.89. The number of nitrogens with zero attached hydrogens (tertiary/aromatic N) is 4. The maximum atomic E-state index is 5.54. The summed E-state index contributed by atoms with van der Waals surface area (Å²) in [6, 6.07) is 0. The number of ether oxygens (including phenoxy) is 1. The van der Waals surface area contributed by atoms with E-state index in [0.29, 0.717) is 13.2 Å². The highest BCUT2D eigenvalue weighted by Gasteiger charge is 2.06. The minimum absolute atomic E-state index is 0.556. The van der Waals surface area contributed by atoms with Crippen molar-refractivity contribution in [1.29, 1.82) is 0 Å². The van der Waals surface area contributed by atoms with Gasteiger partial charge in [-0.05, 0) is 36.9 Å². The van der Waals surface area contributed by atoms with E-state index in [2.05, 4.69) is 19.2 Å². The van der Waals surface area contributed by atoms with E-state index in [-0.39, 0.29) is 0 Å². The van der Waals surface area contributed by atoms with E-state index in [1.807, 2.05) is 13.8 Å². The number of aryl methyl sites for hydroxylation is 2. The fraction of sp³-hybridized carbons (Fsp3) is 0.500. The van der Waals surface area contributed by atoms with Crippen molar-refractivity contribution >= 4 is 23.1 Å². The molecule has 0 spiro atoms. The third kappa shape index (κ3) is 2.55. The van der Waals surface area contributed by atoms with Crippen molar-refractivity contribution in [2.75, 3.05) is 0 Å². The highest BCUT2D eigenvalue weighted by molar-refractivity contribution is 7.05. The number of hydrogen-bond donors (Lipinski definition) is 0. The molecule has 0 unspecified atom stereocenters.